The van der Waals surface area contributed by atoms with Gasteiger partial charge in [-0.15, -0.1) is 0 Å². The lowest BCUT2D eigenvalue weighted by Crippen LogP contribution is -2.44. The number of hydrogen-bond donors (Lipinski definition) is 0. The smallest absolute Gasteiger partial charge is 0.245 e. The van der Waals surface area contributed by atoms with Crippen LogP contribution in [-0.2, 0) is 21.4 Å². The molecular weight excluding hydrogens is 554 g/mol. The minimum Gasteiger partial charge on any atom is -0.282 e. The summed E-state index contributed by atoms with van der Waals surface area (Å²) in [6, 6.07) is 11.5. The highest BCUT2D eigenvalue weighted by molar-refractivity contribution is 7.89. The molecule has 12 heteroatoms. The van der Waals surface area contributed by atoms with E-state index in [-0.39, 0.29) is 38.4 Å². The zero-order valence-electron chi connectivity index (χ0n) is 20.3. The molecule has 0 spiro atoms. The second kappa shape index (κ2) is 10.6. The van der Waals surface area contributed by atoms with Gasteiger partial charge in [0, 0.05) is 31.3 Å². The number of amides is 1. The molecule has 0 aliphatic carbocycles. The number of hydrogen-bond acceptors (Lipinski definition) is 6. The number of halogens is 3. The highest BCUT2D eigenvalue weighted by Gasteiger charge is 2.36. The fraction of sp³-hybridized carbons (Fsp3) is 0.269. The SMILES string of the molecule is Cc1ccc(Cl)c2sc(N(Cc3ccccn3)C(=O)C3CCN(S(=O)(=O)c4ccc(F)cc4F)CC3)nc12. The molecule has 3 heterocycles. The van der Waals surface area contributed by atoms with Crippen LogP contribution in [-0.4, -0.2) is 41.7 Å². The molecular formula is C26H23ClF2N4O3S2. The Kier molecular flexibility index (Phi) is 7.45. The molecule has 1 fully saturated rings. The molecule has 198 valence electrons. The van der Waals surface area contributed by atoms with Crippen LogP contribution in [0.15, 0.2) is 59.6 Å². The fourth-order valence-electron chi connectivity index (χ4n) is 4.49. The van der Waals surface area contributed by atoms with E-state index in [4.69, 9.17) is 16.6 Å². The number of aromatic nitrogens is 2. The Bertz CT molecular complexity index is 1570. The highest BCUT2D eigenvalue weighted by Crippen LogP contribution is 2.37. The monoisotopic (exact) mass is 576 g/mol. The number of nitrogens with zero attached hydrogens (tertiary/aromatic N) is 4. The summed E-state index contributed by atoms with van der Waals surface area (Å²) >= 11 is 7.73. The standard InChI is InChI=1S/C26H23ClF2N4O3S2/c1-16-5-7-20(27)24-23(16)31-26(37-24)33(15-19-4-2-3-11-30-19)25(34)17-9-12-32(13-10-17)38(35,36)22-8-6-18(28)14-21(22)29/h2-8,11,14,17H,9-10,12-13,15H2,1H3. The van der Waals surface area contributed by atoms with Gasteiger partial charge in [0.25, 0.3) is 0 Å². The van der Waals surface area contributed by atoms with E-state index < -0.39 is 32.5 Å². The van der Waals surface area contributed by atoms with Crippen molar-refractivity contribution in [3.63, 3.8) is 0 Å². The third kappa shape index (κ3) is 5.15. The molecule has 0 atom stereocenters. The van der Waals surface area contributed by atoms with Gasteiger partial charge in [-0.25, -0.2) is 22.2 Å². The molecule has 1 aliphatic rings. The molecule has 2 aromatic heterocycles. The van der Waals surface area contributed by atoms with Crippen LogP contribution in [0, 0.1) is 24.5 Å². The third-order valence-electron chi connectivity index (χ3n) is 6.54. The molecule has 1 aliphatic heterocycles. The number of benzene rings is 2. The number of sulfonamides is 1. The van der Waals surface area contributed by atoms with Crippen molar-refractivity contribution in [1.29, 1.82) is 0 Å². The van der Waals surface area contributed by atoms with Crippen LogP contribution in [0.3, 0.4) is 0 Å². The predicted molar refractivity (Wildman–Crippen MR) is 143 cm³/mol. The lowest BCUT2D eigenvalue weighted by atomic mass is 9.96. The van der Waals surface area contributed by atoms with Gasteiger partial charge in [-0.3, -0.25) is 14.7 Å². The summed E-state index contributed by atoms with van der Waals surface area (Å²) in [5.74, 6) is -2.68. The molecule has 0 N–H and O–H groups in total. The maximum absolute atomic E-state index is 14.2. The molecule has 5 rings (SSSR count). The van der Waals surface area contributed by atoms with Crippen LogP contribution >= 0.6 is 22.9 Å². The van der Waals surface area contributed by atoms with Crippen molar-refractivity contribution < 1.29 is 22.0 Å². The van der Waals surface area contributed by atoms with Crippen molar-refractivity contribution >= 4 is 54.2 Å². The van der Waals surface area contributed by atoms with Gasteiger partial charge < -0.3 is 0 Å². The minimum absolute atomic E-state index is 0.0256. The van der Waals surface area contributed by atoms with E-state index in [0.717, 1.165) is 32.2 Å². The predicted octanol–water partition coefficient (Wildman–Crippen LogP) is 5.57. The maximum atomic E-state index is 14.2. The van der Waals surface area contributed by atoms with E-state index in [1.807, 2.05) is 25.1 Å². The number of aryl methyl sites for hydroxylation is 1. The summed E-state index contributed by atoms with van der Waals surface area (Å²) in [5, 5.41) is 1.03. The van der Waals surface area contributed by atoms with E-state index in [1.54, 1.807) is 23.2 Å². The Balaban J connectivity index is 1.40. The number of carbonyl (C=O) groups is 1. The average molecular weight is 577 g/mol. The highest BCUT2D eigenvalue weighted by atomic mass is 35.5. The fourth-order valence-corrected chi connectivity index (χ4v) is 7.32. The Labute approximate surface area is 227 Å². The lowest BCUT2D eigenvalue weighted by molar-refractivity contribution is -0.123. The number of rotatable bonds is 6. The quantitative estimate of drug-likeness (QED) is 0.300. The van der Waals surface area contributed by atoms with Crippen molar-refractivity contribution in [1.82, 2.24) is 14.3 Å². The van der Waals surface area contributed by atoms with Crippen LogP contribution < -0.4 is 4.90 Å². The summed E-state index contributed by atoms with van der Waals surface area (Å²) < 4.78 is 55.4. The Morgan fingerprint density at radius 1 is 1.16 bits per heavy atom. The third-order valence-corrected chi connectivity index (χ3v) is 10.0. The second-order valence-electron chi connectivity index (χ2n) is 9.04. The molecule has 4 aromatic rings. The summed E-state index contributed by atoms with van der Waals surface area (Å²) in [6.45, 7) is 2.16. The van der Waals surface area contributed by atoms with Crippen molar-refractivity contribution in [2.45, 2.75) is 31.2 Å². The Morgan fingerprint density at radius 2 is 1.92 bits per heavy atom. The number of piperidine rings is 1. The summed E-state index contributed by atoms with van der Waals surface area (Å²) in [4.78, 5) is 23.9. The van der Waals surface area contributed by atoms with Crippen molar-refractivity contribution in [3.8, 4) is 0 Å². The second-order valence-corrected chi connectivity index (χ2v) is 12.3. The van der Waals surface area contributed by atoms with E-state index in [2.05, 4.69) is 4.98 Å². The number of thiazole rings is 1. The van der Waals surface area contributed by atoms with Crippen molar-refractivity contribution in [3.05, 3.63) is 82.6 Å². The number of pyridine rings is 1. The Hall–Kier alpha value is -2.99. The van der Waals surface area contributed by atoms with Gasteiger partial charge in [-0.05, 0) is 55.7 Å². The molecule has 2 aromatic carbocycles. The van der Waals surface area contributed by atoms with Gasteiger partial charge in [-0.1, -0.05) is 35.1 Å². The molecule has 0 saturated carbocycles. The van der Waals surface area contributed by atoms with E-state index in [1.165, 1.54) is 11.3 Å². The normalized spacial score (nSPS) is 15.2. The number of carbonyl (C=O) groups excluding carboxylic acids is 1. The molecule has 0 radical (unpaired) electrons. The van der Waals surface area contributed by atoms with Crippen LogP contribution in [0.2, 0.25) is 5.02 Å². The van der Waals surface area contributed by atoms with Gasteiger partial charge >= 0.3 is 0 Å². The number of anilines is 1. The zero-order valence-corrected chi connectivity index (χ0v) is 22.7. The van der Waals surface area contributed by atoms with Crippen LogP contribution in [0.25, 0.3) is 10.2 Å². The molecule has 1 amide bonds. The van der Waals surface area contributed by atoms with Gasteiger partial charge in [0.1, 0.15) is 16.5 Å². The van der Waals surface area contributed by atoms with Gasteiger partial charge in [0.2, 0.25) is 15.9 Å². The minimum atomic E-state index is -4.17. The van der Waals surface area contributed by atoms with Crippen LogP contribution in [0.5, 0.6) is 0 Å². The summed E-state index contributed by atoms with van der Waals surface area (Å²) in [5.41, 5.74) is 2.33. The van der Waals surface area contributed by atoms with Gasteiger partial charge in [-0.2, -0.15) is 4.31 Å². The van der Waals surface area contributed by atoms with E-state index >= 15 is 0 Å². The average Bonchev–Trinajstić information content (AvgIpc) is 3.36. The largest absolute Gasteiger partial charge is 0.282 e. The van der Waals surface area contributed by atoms with Gasteiger partial charge in [0.05, 0.1) is 27.5 Å². The Morgan fingerprint density at radius 3 is 2.58 bits per heavy atom. The van der Waals surface area contributed by atoms with E-state index in [0.29, 0.717) is 21.9 Å². The molecule has 0 bridgehead atoms. The summed E-state index contributed by atoms with van der Waals surface area (Å²) in [6.07, 6.45) is 2.13. The maximum Gasteiger partial charge on any atom is 0.245 e. The van der Waals surface area contributed by atoms with Crippen molar-refractivity contribution in [2.24, 2.45) is 5.92 Å². The topological polar surface area (TPSA) is 83.5 Å². The first-order valence-electron chi connectivity index (χ1n) is 11.9. The van der Waals surface area contributed by atoms with Gasteiger partial charge in [0.15, 0.2) is 5.13 Å². The van der Waals surface area contributed by atoms with Crippen LogP contribution in [0.1, 0.15) is 24.1 Å². The molecule has 0 unspecified atom stereocenters. The first kappa shape index (κ1) is 26.6. The molecule has 1 saturated heterocycles. The lowest BCUT2D eigenvalue weighted by Gasteiger charge is -2.33. The first-order valence-corrected chi connectivity index (χ1v) is 14.5. The first-order chi connectivity index (χ1) is 18.1. The molecule has 38 heavy (non-hydrogen) atoms. The zero-order chi connectivity index (χ0) is 27.0. The van der Waals surface area contributed by atoms with Crippen LogP contribution in [0.4, 0.5) is 13.9 Å². The summed E-state index contributed by atoms with van der Waals surface area (Å²) in [7, 11) is -4.17. The molecule has 7 nitrogen and oxygen atoms in total. The van der Waals surface area contributed by atoms with Crippen molar-refractivity contribution in [2.75, 3.05) is 18.0 Å². The van der Waals surface area contributed by atoms with E-state index in [9.17, 15) is 22.0 Å². The number of fused-ring (bicyclic) bond motifs is 1.